The number of para-hydroxylation sites is 1. The summed E-state index contributed by atoms with van der Waals surface area (Å²) in [5.41, 5.74) is 3.15. The van der Waals surface area contributed by atoms with Gasteiger partial charge in [0.25, 0.3) is 11.8 Å². The molecule has 5 rings (SSSR count). The zero-order valence-corrected chi connectivity index (χ0v) is 22.2. The van der Waals surface area contributed by atoms with Gasteiger partial charge in [-0.25, -0.2) is 9.69 Å². The topological polar surface area (TPSA) is 70.2 Å². The number of ether oxygens (including phenoxy) is 1. The number of hydrogen-bond donors (Lipinski definition) is 0. The zero-order chi connectivity index (χ0) is 26.6. The average molecular weight is 528 g/mol. The highest BCUT2D eigenvalue weighted by Crippen LogP contribution is 2.40. The van der Waals surface area contributed by atoms with Gasteiger partial charge >= 0.3 is 5.97 Å². The predicted octanol–water partition coefficient (Wildman–Crippen LogP) is 4.48. The van der Waals surface area contributed by atoms with Gasteiger partial charge in [0.1, 0.15) is 10.6 Å². The standard InChI is InChI=1S/C30H29N3O4S/c1-21-12-14-23(15-13-21)38-27-26(32-18-16-31(17-19-32)20-22-8-4-3-5-9-22)28(34)33(29(27)35)25-11-7-6-10-24(25)30(36)37-2/h3-15H,16-20H2,1-2H3. The molecule has 0 atom stereocenters. The number of carbonyl (C=O) groups is 3. The van der Waals surface area contributed by atoms with Gasteiger partial charge in [0.05, 0.1) is 18.4 Å². The van der Waals surface area contributed by atoms with Crippen LogP contribution in [-0.2, 0) is 20.9 Å². The smallest absolute Gasteiger partial charge is 0.339 e. The van der Waals surface area contributed by atoms with Crippen molar-refractivity contribution in [2.75, 3.05) is 38.2 Å². The van der Waals surface area contributed by atoms with Crippen LogP contribution in [0.15, 0.2) is 94.4 Å². The summed E-state index contributed by atoms with van der Waals surface area (Å²) in [5, 5.41) is 0. The first-order valence-electron chi connectivity index (χ1n) is 12.5. The number of anilines is 1. The van der Waals surface area contributed by atoms with Gasteiger partial charge in [0, 0.05) is 37.6 Å². The van der Waals surface area contributed by atoms with E-state index in [-0.39, 0.29) is 11.3 Å². The molecule has 0 bridgehead atoms. The zero-order valence-electron chi connectivity index (χ0n) is 21.4. The van der Waals surface area contributed by atoms with E-state index in [9.17, 15) is 14.4 Å². The molecule has 0 aliphatic carbocycles. The summed E-state index contributed by atoms with van der Waals surface area (Å²) in [4.78, 5) is 47.0. The van der Waals surface area contributed by atoms with Crippen LogP contribution in [0.2, 0.25) is 0 Å². The highest BCUT2D eigenvalue weighted by atomic mass is 32.2. The van der Waals surface area contributed by atoms with Crippen LogP contribution in [0.5, 0.6) is 0 Å². The Bertz CT molecular complexity index is 1380. The maximum atomic E-state index is 13.9. The van der Waals surface area contributed by atoms with Crippen LogP contribution >= 0.6 is 11.8 Å². The molecule has 1 fully saturated rings. The number of thioether (sulfide) groups is 1. The van der Waals surface area contributed by atoms with Crippen molar-refractivity contribution in [1.29, 1.82) is 0 Å². The Kier molecular flexibility index (Phi) is 7.62. The number of methoxy groups -OCH3 is 1. The molecule has 3 aromatic carbocycles. The second-order valence-corrected chi connectivity index (χ2v) is 10.4. The van der Waals surface area contributed by atoms with Gasteiger partial charge in [-0.2, -0.15) is 0 Å². The molecule has 0 spiro atoms. The van der Waals surface area contributed by atoms with E-state index < -0.39 is 17.8 Å². The third-order valence-corrected chi connectivity index (χ3v) is 7.83. The fourth-order valence-electron chi connectivity index (χ4n) is 4.73. The van der Waals surface area contributed by atoms with Crippen LogP contribution in [0.25, 0.3) is 0 Å². The van der Waals surface area contributed by atoms with Gasteiger partial charge in [0.15, 0.2) is 0 Å². The number of piperazine rings is 1. The summed E-state index contributed by atoms with van der Waals surface area (Å²) >= 11 is 1.29. The molecule has 8 heteroatoms. The molecule has 1 saturated heterocycles. The van der Waals surface area contributed by atoms with E-state index in [1.165, 1.54) is 24.4 Å². The SMILES string of the molecule is COC(=O)c1ccccc1N1C(=O)C(Sc2ccc(C)cc2)=C(N2CCN(Cc3ccccc3)CC2)C1=O. The minimum absolute atomic E-state index is 0.172. The summed E-state index contributed by atoms with van der Waals surface area (Å²) in [6, 6.07) is 24.7. The first-order valence-corrected chi connectivity index (χ1v) is 13.3. The number of amides is 2. The van der Waals surface area contributed by atoms with E-state index in [0.717, 1.165) is 35.0 Å². The van der Waals surface area contributed by atoms with Crippen LogP contribution < -0.4 is 4.90 Å². The second kappa shape index (κ2) is 11.2. The average Bonchev–Trinajstić information content (AvgIpc) is 3.19. The summed E-state index contributed by atoms with van der Waals surface area (Å²) < 4.78 is 4.92. The summed E-state index contributed by atoms with van der Waals surface area (Å²) in [7, 11) is 1.28. The van der Waals surface area contributed by atoms with Gasteiger partial charge in [0.2, 0.25) is 0 Å². The van der Waals surface area contributed by atoms with Crippen LogP contribution in [0.3, 0.4) is 0 Å². The number of benzene rings is 3. The van der Waals surface area contributed by atoms with Gasteiger partial charge in [-0.05, 0) is 36.8 Å². The minimum atomic E-state index is -0.600. The molecule has 0 aromatic heterocycles. The van der Waals surface area contributed by atoms with Crippen molar-refractivity contribution in [1.82, 2.24) is 9.80 Å². The lowest BCUT2D eigenvalue weighted by Gasteiger charge is -2.36. The van der Waals surface area contributed by atoms with Crippen LogP contribution in [-0.4, -0.2) is 60.9 Å². The number of esters is 1. The van der Waals surface area contributed by atoms with E-state index in [1.807, 2.05) is 54.3 Å². The molecule has 194 valence electrons. The van der Waals surface area contributed by atoms with Gasteiger partial charge < -0.3 is 9.64 Å². The molecule has 7 nitrogen and oxygen atoms in total. The summed E-state index contributed by atoms with van der Waals surface area (Å²) in [6.45, 7) is 5.60. The highest BCUT2D eigenvalue weighted by molar-refractivity contribution is 8.04. The monoisotopic (exact) mass is 527 g/mol. The number of imide groups is 1. The number of hydrogen-bond acceptors (Lipinski definition) is 7. The maximum absolute atomic E-state index is 13.9. The normalized spacial score (nSPS) is 16.4. The minimum Gasteiger partial charge on any atom is -0.465 e. The second-order valence-electron chi connectivity index (χ2n) is 9.30. The molecule has 3 aromatic rings. The van der Waals surface area contributed by atoms with Crippen molar-refractivity contribution >= 4 is 35.2 Å². The Morgan fingerprint density at radius 3 is 2.18 bits per heavy atom. The van der Waals surface area contributed by atoms with Crippen LogP contribution in [0.4, 0.5) is 5.69 Å². The first kappa shape index (κ1) is 25.8. The van der Waals surface area contributed by atoms with Crippen LogP contribution in [0, 0.1) is 6.92 Å². The Balaban J connectivity index is 1.45. The number of aryl methyl sites for hydroxylation is 1. The number of nitrogens with zero attached hydrogens (tertiary/aromatic N) is 3. The summed E-state index contributed by atoms with van der Waals surface area (Å²) in [5.74, 6) is -1.45. The molecule has 0 unspecified atom stereocenters. The van der Waals surface area contributed by atoms with E-state index >= 15 is 0 Å². The predicted molar refractivity (Wildman–Crippen MR) is 148 cm³/mol. The van der Waals surface area contributed by atoms with Crippen molar-refractivity contribution in [2.45, 2.75) is 18.4 Å². The number of rotatable bonds is 7. The Labute approximate surface area is 226 Å². The molecule has 38 heavy (non-hydrogen) atoms. The van der Waals surface area contributed by atoms with Crippen molar-refractivity contribution in [3.05, 3.63) is 106 Å². The van der Waals surface area contributed by atoms with Crippen molar-refractivity contribution in [2.24, 2.45) is 0 Å². The first-order chi connectivity index (χ1) is 18.5. The Morgan fingerprint density at radius 1 is 0.842 bits per heavy atom. The van der Waals surface area contributed by atoms with E-state index in [2.05, 4.69) is 17.0 Å². The van der Waals surface area contributed by atoms with Crippen LogP contribution in [0.1, 0.15) is 21.5 Å². The molecule has 2 aliphatic heterocycles. The Hall–Kier alpha value is -3.88. The third kappa shape index (κ3) is 5.23. The molecule has 2 amide bonds. The maximum Gasteiger partial charge on any atom is 0.339 e. The molecule has 2 aliphatic rings. The van der Waals surface area contributed by atoms with Crippen molar-refractivity contribution < 1.29 is 19.1 Å². The van der Waals surface area contributed by atoms with E-state index in [1.54, 1.807) is 24.3 Å². The molecule has 2 heterocycles. The molecule has 0 radical (unpaired) electrons. The molecular weight excluding hydrogens is 498 g/mol. The number of carbonyl (C=O) groups excluding carboxylic acids is 3. The van der Waals surface area contributed by atoms with Crippen molar-refractivity contribution in [3.8, 4) is 0 Å². The lowest BCUT2D eigenvalue weighted by Crippen LogP contribution is -2.47. The third-order valence-electron chi connectivity index (χ3n) is 6.75. The molecule has 0 saturated carbocycles. The molecule has 0 N–H and O–H groups in total. The fourth-order valence-corrected chi connectivity index (χ4v) is 5.73. The highest BCUT2D eigenvalue weighted by Gasteiger charge is 2.44. The van der Waals surface area contributed by atoms with Gasteiger partial charge in [-0.3, -0.25) is 14.5 Å². The van der Waals surface area contributed by atoms with Gasteiger partial charge in [-0.15, -0.1) is 0 Å². The Morgan fingerprint density at radius 2 is 1.50 bits per heavy atom. The fraction of sp³-hybridized carbons (Fsp3) is 0.233. The summed E-state index contributed by atoms with van der Waals surface area (Å²) in [6.07, 6.45) is 0. The lowest BCUT2D eigenvalue weighted by molar-refractivity contribution is -0.121. The van der Waals surface area contributed by atoms with Gasteiger partial charge in [-0.1, -0.05) is 71.9 Å². The van der Waals surface area contributed by atoms with Crippen molar-refractivity contribution in [3.63, 3.8) is 0 Å². The quantitative estimate of drug-likeness (QED) is 0.332. The lowest BCUT2D eigenvalue weighted by atomic mass is 10.1. The largest absolute Gasteiger partial charge is 0.465 e. The molecular formula is C30H29N3O4S. The van der Waals surface area contributed by atoms with E-state index in [4.69, 9.17) is 4.74 Å². The van der Waals surface area contributed by atoms with E-state index in [0.29, 0.717) is 23.7 Å².